The lowest BCUT2D eigenvalue weighted by atomic mass is 9.86. The maximum atomic E-state index is 10.9. The van der Waals surface area contributed by atoms with Crippen LogP contribution in [0.15, 0.2) is 17.5 Å². The topological polar surface area (TPSA) is 90.4 Å². The third-order valence-electron chi connectivity index (χ3n) is 3.74. The van der Waals surface area contributed by atoms with Crippen molar-refractivity contribution in [1.29, 1.82) is 5.41 Å². The molecule has 1 unspecified atom stereocenters. The minimum atomic E-state index is -0.819. The van der Waals surface area contributed by atoms with E-state index in [1.165, 1.54) is 5.01 Å². The van der Waals surface area contributed by atoms with Gasteiger partial charge in [0.25, 0.3) is 0 Å². The Morgan fingerprint density at radius 2 is 2.37 bits per heavy atom. The number of aliphatic carboxylic acids is 1. The first-order valence-corrected chi connectivity index (χ1v) is 7.32. The highest BCUT2D eigenvalue weighted by atomic mass is 32.1. The molecule has 2 rings (SSSR count). The predicted octanol–water partition coefficient (Wildman–Crippen LogP) is 2.54. The maximum Gasteiger partial charge on any atom is 0.303 e. The Morgan fingerprint density at radius 1 is 1.58 bits per heavy atom. The van der Waals surface area contributed by atoms with Gasteiger partial charge in [0.1, 0.15) is 5.84 Å². The minimum Gasteiger partial charge on any atom is -0.481 e. The monoisotopic (exact) mass is 281 g/mol. The SMILES string of the molecule is N=C1CCCCC(CCC(=O)O)(c2cccs2)N1N. The third kappa shape index (κ3) is 2.79. The number of carbonyl (C=O) groups is 1. The van der Waals surface area contributed by atoms with Gasteiger partial charge in [0.15, 0.2) is 0 Å². The smallest absolute Gasteiger partial charge is 0.303 e. The lowest BCUT2D eigenvalue weighted by Crippen LogP contribution is -2.52. The highest BCUT2D eigenvalue weighted by Crippen LogP contribution is 2.41. The summed E-state index contributed by atoms with van der Waals surface area (Å²) in [6, 6.07) is 3.94. The lowest BCUT2D eigenvalue weighted by Gasteiger charge is -2.40. The zero-order valence-electron chi connectivity index (χ0n) is 10.8. The second kappa shape index (κ2) is 5.71. The van der Waals surface area contributed by atoms with Crippen molar-refractivity contribution < 1.29 is 9.90 Å². The van der Waals surface area contributed by atoms with Crippen molar-refractivity contribution in [2.75, 3.05) is 0 Å². The van der Waals surface area contributed by atoms with E-state index in [9.17, 15) is 4.79 Å². The molecule has 2 heterocycles. The average molecular weight is 281 g/mol. The number of amidine groups is 1. The Balaban J connectivity index is 2.36. The van der Waals surface area contributed by atoms with Gasteiger partial charge in [0.05, 0.1) is 5.54 Å². The van der Waals surface area contributed by atoms with Gasteiger partial charge in [-0.1, -0.05) is 12.5 Å². The molecule has 0 spiro atoms. The van der Waals surface area contributed by atoms with E-state index in [1.807, 2.05) is 17.5 Å². The van der Waals surface area contributed by atoms with Crippen molar-refractivity contribution >= 4 is 23.1 Å². The van der Waals surface area contributed by atoms with Crippen LogP contribution >= 0.6 is 11.3 Å². The number of nitrogens with zero attached hydrogens (tertiary/aromatic N) is 1. The van der Waals surface area contributed by atoms with Gasteiger partial charge in [-0.3, -0.25) is 15.2 Å². The van der Waals surface area contributed by atoms with Gasteiger partial charge in [-0.05, 0) is 30.7 Å². The molecule has 19 heavy (non-hydrogen) atoms. The molecule has 6 heteroatoms. The van der Waals surface area contributed by atoms with Gasteiger partial charge in [0.2, 0.25) is 0 Å². The van der Waals surface area contributed by atoms with Gasteiger partial charge in [-0.25, -0.2) is 5.84 Å². The Morgan fingerprint density at radius 3 is 3.00 bits per heavy atom. The third-order valence-corrected chi connectivity index (χ3v) is 4.80. The zero-order valence-corrected chi connectivity index (χ0v) is 11.6. The fourth-order valence-corrected chi connectivity index (χ4v) is 3.66. The molecular formula is C13H19N3O2S. The van der Waals surface area contributed by atoms with E-state index in [2.05, 4.69) is 0 Å². The summed E-state index contributed by atoms with van der Waals surface area (Å²) in [6.45, 7) is 0. The zero-order chi connectivity index (χ0) is 13.9. The first-order chi connectivity index (χ1) is 9.06. The Labute approximate surface area is 116 Å². The summed E-state index contributed by atoms with van der Waals surface area (Å²) in [7, 11) is 0. The van der Waals surface area contributed by atoms with Crippen LogP contribution in [-0.4, -0.2) is 21.9 Å². The van der Waals surface area contributed by atoms with Gasteiger partial charge >= 0.3 is 5.97 Å². The molecule has 1 saturated heterocycles. The molecule has 5 nitrogen and oxygen atoms in total. The fraction of sp³-hybridized carbons (Fsp3) is 0.538. The van der Waals surface area contributed by atoms with Crippen molar-refractivity contribution in [2.24, 2.45) is 5.84 Å². The summed E-state index contributed by atoms with van der Waals surface area (Å²) in [4.78, 5) is 12.0. The van der Waals surface area contributed by atoms with Crippen LogP contribution < -0.4 is 5.84 Å². The molecule has 0 bridgehead atoms. The number of carboxylic acid groups (broad SMARTS) is 1. The van der Waals surface area contributed by atoms with Crippen molar-refractivity contribution in [1.82, 2.24) is 5.01 Å². The molecule has 1 atom stereocenters. The van der Waals surface area contributed by atoms with E-state index in [1.54, 1.807) is 11.3 Å². The van der Waals surface area contributed by atoms with Crippen LogP contribution in [0.25, 0.3) is 0 Å². The van der Waals surface area contributed by atoms with Crippen LogP contribution in [-0.2, 0) is 10.3 Å². The molecule has 4 N–H and O–H groups in total. The van der Waals surface area contributed by atoms with Crippen LogP contribution in [0.1, 0.15) is 43.4 Å². The largest absolute Gasteiger partial charge is 0.481 e. The summed E-state index contributed by atoms with van der Waals surface area (Å²) in [6.07, 6.45) is 3.89. The van der Waals surface area contributed by atoms with Gasteiger partial charge < -0.3 is 5.11 Å². The number of nitrogens with one attached hydrogen (secondary N) is 1. The molecular weight excluding hydrogens is 262 g/mol. The summed E-state index contributed by atoms with van der Waals surface area (Å²) in [5.41, 5.74) is -0.528. The number of thiophene rings is 1. The highest BCUT2D eigenvalue weighted by molar-refractivity contribution is 7.10. The standard InChI is InChI=1S/C13H19N3O2S/c14-11-5-1-2-7-13(16(11)15,8-6-12(17)18)10-4-3-9-19-10/h3-4,9,14H,1-2,5-8,15H2,(H,17,18). The van der Waals surface area contributed by atoms with Crippen LogP contribution in [0.3, 0.4) is 0 Å². The van der Waals surface area contributed by atoms with Crippen LogP contribution in [0, 0.1) is 5.41 Å². The van der Waals surface area contributed by atoms with Crippen molar-refractivity contribution in [3.8, 4) is 0 Å². The van der Waals surface area contributed by atoms with Crippen LogP contribution in [0.4, 0.5) is 0 Å². The number of hydrogen-bond acceptors (Lipinski definition) is 4. The molecule has 1 aliphatic heterocycles. The number of carboxylic acids is 1. The van der Waals surface area contributed by atoms with Gasteiger partial charge in [-0.2, -0.15) is 0 Å². The summed E-state index contributed by atoms with van der Waals surface area (Å²) in [5.74, 6) is 5.74. The van der Waals surface area contributed by atoms with E-state index in [0.29, 0.717) is 18.7 Å². The number of rotatable bonds is 4. The summed E-state index contributed by atoms with van der Waals surface area (Å²) in [5, 5.41) is 20.5. The first kappa shape index (κ1) is 14.0. The predicted molar refractivity (Wildman–Crippen MR) is 75.1 cm³/mol. The Bertz CT molecular complexity index is 460. The van der Waals surface area contributed by atoms with Gasteiger partial charge in [-0.15, -0.1) is 11.3 Å². The molecule has 1 fully saturated rings. The van der Waals surface area contributed by atoms with Crippen LogP contribution in [0.5, 0.6) is 0 Å². The molecule has 0 aliphatic carbocycles. The molecule has 0 radical (unpaired) electrons. The number of nitrogens with two attached hydrogens (primary N) is 1. The van der Waals surface area contributed by atoms with E-state index in [-0.39, 0.29) is 6.42 Å². The van der Waals surface area contributed by atoms with E-state index >= 15 is 0 Å². The molecule has 1 aromatic rings. The molecule has 1 aromatic heterocycles. The van der Waals surface area contributed by atoms with Crippen molar-refractivity contribution in [3.05, 3.63) is 22.4 Å². The minimum absolute atomic E-state index is 0.0683. The van der Waals surface area contributed by atoms with E-state index < -0.39 is 11.5 Å². The number of hydrazine groups is 1. The normalized spacial score (nSPS) is 24.3. The molecule has 1 aliphatic rings. The quantitative estimate of drug-likeness (QED) is 0.740. The van der Waals surface area contributed by atoms with Crippen molar-refractivity contribution in [2.45, 2.75) is 44.1 Å². The average Bonchev–Trinajstić information content (AvgIpc) is 2.87. The molecule has 0 saturated carbocycles. The van der Waals surface area contributed by atoms with Gasteiger partial charge in [0, 0.05) is 17.7 Å². The lowest BCUT2D eigenvalue weighted by molar-refractivity contribution is -0.137. The molecule has 0 aromatic carbocycles. The Hall–Kier alpha value is -1.40. The van der Waals surface area contributed by atoms with E-state index in [4.69, 9.17) is 16.4 Å². The van der Waals surface area contributed by atoms with E-state index in [0.717, 1.165) is 24.1 Å². The fourth-order valence-electron chi connectivity index (χ4n) is 2.68. The van der Waals surface area contributed by atoms with Crippen molar-refractivity contribution in [3.63, 3.8) is 0 Å². The first-order valence-electron chi connectivity index (χ1n) is 6.44. The molecule has 0 amide bonds. The second-order valence-corrected chi connectivity index (χ2v) is 5.87. The second-order valence-electron chi connectivity index (χ2n) is 4.93. The molecule has 104 valence electrons. The number of hydrogen-bond donors (Lipinski definition) is 3. The summed E-state index contributed by atoms with van der Waals surface area (Å²) >= 11 is 1.58. The maximum absolute atomic E-state index is 10.9. The van der Waals surface area contributed by atoms with Crippen LogP contribution in [0.2, 0.25) is 0 Å². The highest BCUT2D eigenvalue weighted by Gasteiger charge is 2.40. The Kier molecular flexibility index (Phi) is 4.21. The summed E-state index contributed by atoms with van der Waals surface area (Å²) < 4.78 is 0.